The van der Waals surface area contributed by atoms with E-state index in [-0.39, 0.29) is 18.5 Å². The molecule has 0 aromatic heterocycles. The Balaban J connectivity index is 1.86. The van der Waals surface area contributed by atoms with E-state index >= 15 is 0 Å². The van der Waals surface area contributed by atoms with Crippen LogP contribution in [0.5, 0.6) is 0 Å². The van der Waals surface area contributed by atoms with Gasteiger partial charge in [0.2, 0.25) is 5.91 Å². The maximum atomic E-state index is 13.5. The van der Waals surface area contributed by atoms with E-state index in [0.717, 1.165) is 6.07 Å². The van der Waals surface area contributed by atoms with Crippen molar-refractivity contribution < 1.29 is 27.5 Å². The van der Waals surface area contributed by atoms with Gasteiger partial charge in [0.05, 0.1) is 29.7 Å². The molecule has 2 heterocycles. The number of rotatable bonds is 6. The third kappa shape index (κ3) is 5.38. The third-order valence-corrected chi connectivity index (χ3v) is 6.74. The Labute approximate surface area is 197 Å². The molecule has 2 aliphatic heterocycles. The average Bonchev–Trinajstić information content (AvgIpc) is 3.17. The Bertz CT molecular complexity index is 939. The van der Waals surface area contributed by atoms with Crippen molar-refractivity contribution in [1.29, 1.82) is 5.26 Å². The summed E-state index contributed by atoms with van der Waals surface area (Å²) in [6.45, 7) is 4.60. The van der Waals surface area contributed by atoms with Crippen molar-refractivity contribution in [2.24, 2.45) is 11.3 Å². The first kappa shape index (κ1) is 25.6. The Kier molecular flexibility index (Phi) is 7.92. The van der Waals surface area contributed by atoms with E-state index in [9.17, 15) is 22.8 Å². The summed E-state index contributed by atoms with van der Waals surface area (Å²) >= 11 is 0. The molecular weight excluding hydrogens is 451 g/mol. The Morgan fingerprint density at radius 1 is 1.26 bits per heavy atom. The van der Waals surface area contributed by atoms with Gasteiger partial charge in [0.1, 0.15) is 0 Å². The predicted octanol–water partition coefficient (Wildman–Crippen LogP) is 2.59. The fourth-order valence-corrected chi connectivity index (χ4v) is 4.91. The number of ether oxygens (including phenoxy) is 1. The van der Waals surface area contributed by atoms with Gasteiger partial charge in [-0.25, -0.2) is 4.79 Å². The van der Waals surface area contributed by atoms with Gasteiger partial charge in [0, 0.05) is 57.5 Å². The lowest BCUT2D eigenvalue weighted by Gasteiger charge is -2.42. The number of piperidine rings is 1. The Morgan fingerprint density at radius 3 is 2.56 bits per heavy atom. The first-order chi connectivity index (χ1) is 16.1. The molecule has 1 aromatic carbocycles. The first-order valence-corrected chi connectivity index (χ1v) is 11.3. The number of nitriles is 1. The largest absolute Gasteiger partial charge is 0.417 e. The van der Waals surface area contributed by atoms with E-state index in [0.29, 0.717) is 57.9 Å². The van der Waals surface area contributed by atoms with Gasteiger partial charge in [-0.05, 0) is 38.0 Å². The monoisotopic (exact) mass is 481 g/mol. The van der Waals surface area contributed by atoms with Gasteiger partial charge in [0.25, 0.3) is 0 Å². The van der Waals surface area contributed by atoms with Crippen LogP contribution in [0.15, 0.2) is 18.2 Å². The van der Waals surface area contributed by atoms with Gasteiger partial charge < -0.3 is 25.2 Å². The molecule has 1 aromatic rings. The highest BCUT2D eigenvalue weighted by atomic mass is 19.4. The molecule has 1 spiro atoms. The number of urea groups is 1. The molecule has 0 aliphatic carbocycles. The molecule has 3 amide bonds. The van der Waals surface area contributed by atoms with E-state index in [4.69, 9.17) is 10.00 Å². The van der Waals surface area contributed by atoms with Crippen molar-refractivity contribution >= 4 is 17.6 Å². The molecule has 8 nitrogen and oxygen atoms in total. The van der Waals surface area contributed by atoms with Crippen LogP contribution < -0.4 is 15.5 Å². The van der Waals surface area contributed by atoms with Crippen LogP contribution in [-0.2, 0) is 15.7 Å². The predicted molar refractivity (Wildman–Crippen MR) is 119 cm³/mol. The summed E-state index contributed by atoms with van der Waals surface area (Å²) in [6, 6.07) is 5.10. The molecule has 1 unspecified atom stereocenters. The van der Waals surface area contributed by atoms with Crippen LogP contribution in [0, 0.1) is 22.7 Å². The SMILES string of the molecule is CCNC(=O)N1CCC2(CC1)CN(c1ccc(C#N)c(C(F)(F)F)c1)CC2C(=O)NCCOC. The Hall–Kier alpha value is -3.00. The summed E-state index contributed by atoms with van der Waals surface area (Å²) in [6.07, 6.45) is -3.54. The minimum atomic E-state index is -4.66. The highest BCUT2D eigenvalue weighted by Crippen LogP contribution is 2.47. The van der Waals surface area contributed by atoms with E-state index in [1.165, 1.54) is 19.2 Å². The van der Waals surface area contributed by atoms with Crippen molar-refractivity contribution in [2.45, 2.75) is 25.9 Å². The number of carbonyl (C=O) groups excluding carboxylic acids is 2. The summed E-state index contributed by atoms with van der Waals surface area (Å²) in [5.74, 6) is -0.624. The topological polar surface area (TPSA) is 97.7 Å². The van der Waals surface area contributed by atoms with Gasteiger partial charge in [-0.15, -0.1) is 0 Å². The number of anilines is 1. The number of amides is 3. The van der Waals surface area contributed by atoms with Crippen molar-refractivity contribution in [2.75, 3.05) is 57.9 Å². The van der Waals surface area contributed by atoms with Crippen LogP contribution in [0.4, 0.5) is 23.7 Å². The molecule has 2 aliphatic rings. The number of nitrogens with one attached hydrogen (secondary N) is 2. The van der Waals surface area contributed by atoms with Crippen LogP contribution in [0.3, 0.4) is 0 Å². The van der Waals surface area contributed by atoms with Gasteiger partial charge in [-0.2, -0.15) is 18.4 Å². The molecule has 11 heteroatoms. The minimum Gasteiger partial charge on any atom is -0.383 e. The van der Waals surface area contributed by atoms with Crippen molar-refractivity contribution in [3.8, 4) is 6.07 Å². The van der Waals surface area contributed by atoms with Crippen LogP contribution in [0.25, 0.3) is 0 Å². The zero-order valence-electron chi connectivity index (χ0n) is 19.4. The molecule has 34 heavy (non-hydrogen) atoms. The van der Waals surface area contributed by atoms with Crippen molar-refractivity contribution in [1.82, 2.24) is 15.5 Å². The number of methoxy groups -OCH3 is 1. The van der Waals surface area contributed by atoms with Gasteiger partial charge in [-0.3, -0.25) is 4.79 Å². The highest BCUT2D eigenvalue weighted by Gasteiger charge is 2.51. The molecule has 2 fully saturated rings. The molecule has 3 rings (SSSR count). The van der Waals surface area contributed by atoms with Crippen molar-refractivity contribution in [3.63, 3.8) is 0 Å². The van der Waals surface area contributed by atoms with E-state index in [1.54, 1.807) is 15.9 Å². The second kappa shape index (κ2) is 10.5. The van der Waals surface area contributed by atoms with E-state index in [1.807, 2.05) is 6.92 Å². The number of nitrogens with zero attached hydrogens (tertiary/aromatic N) is 3. The quantitative estimate of drug-likeness (QED) is 0.609. The molecular formula is C23H30F3N5O3. The molecule has 186 valence electrons. The van der Waals surface area contributed by atoms with Crippen LogP contribution >= 0.6 is 0 Å². The van der Waals surface area contributed by atoms with Crippen LogP contribution in [-0.4, -0.2) is 69.8 Å². The number of alkyl halides is 3. The lowest BCUT2D eigenvalue weighted by Crippen LogP contribution is -2.51. The fourth-order valence-electron chi connectivity index (χ4n) is 4.91. The smallest absolute Gasteiger partial charge is 0.383 e. The molecule has 0 radical (unpaired) electrons. The van der Waals surface area contributed by atoms with E-state index < -0.39 is 28.6 Å². The first-order valence-electron chi connectivity index (χ1n) is 11.3. The zero-order chi connectivity index (χ0) is 24.9. The second-order valence-corrected chi connectivity index (χ2v) is 8.74. The number of likely N-dealkylation sites (tertiary alicyclic amines) is 1. The normalized spacial score (nSPS) is 19.7. The second-order valence-electron chi connectivity index (χ2n) is 8.74. The lowest BCUT2D eigenvalue weighted by molar-refractivity contribution is -0.137. The summed E-state index contributed by atoms with van der Waals surface area (Å²) < 4.78 is 45.6. The highest BCUT2D eigenvalue weighted by molar-refractivity contribution is 5.81. The number of carbonyl (C=O) groups is 2. The van der Waals surface area contributed by atoms with E-state index in [2.05, 4.69) is 10.6 Å². The minimum absolute atomic E-state index is 0.157. The average molecular weight is 482 g/mol. The summed E-state index contributed by atoms with van der Waals surface area (Å²) in [5.41, 5.74) is -1.58. The number of hydrogen-bond acceptors (Lipinski definition) is 5. The standard InChI is InChI=1S/C23H30F3N5O3/c1-3-28-21(33)30-9-6-22(7-10-30)15-31(14-19(22)20(32)29-8-11-34-2)17-5-4-16(13-27)18(12-17)23(24,25)26/h4-5,12,19H,3,6-11,14-15H2,1-2H3,(H,28,33)(H,29,32). The fraction of sp³-hybridized carbons (Fsp3) is 0.609. The van der Waals surface area contributed by atoms with Crippen molar-refractivity contribution in [3.05, 3.63) is 29.3 Å². The van der Waals surface area contributed by atoms with Gasteiger partial charge in [-0.1, -0.05) is 0 Å². The molecule has 0 saturated carbocycles. The summed E-state index contributed by atoms with van der Waals surface area (Å²) in [4.78, 5) is 28.9. The van der Waals surface area contributed by atoms with Gasteiger partial charge >= 0.3 is 12.2 Å². The van der Waals surface area contributed by atoms with Crippen LogP contribution in [0.1, 0.15) is 30.9 Å². The van der Waals surface area contributed by atoms with Gasteiger partial charge in [0.15, 0.2) is 0 Å². The maximum absolute atomic E-state index is 13.5. The number of benzene rings is 1. The Morgan fingerprint density at radius 2 is 1.97 bits per heavy atom. The maximum Gasteiger partial charge on any atom is 0.417 e. The number of hydrogen-bond donors (Lipinski definition) is 2. The van der Waals surface area contributed by atoms with Crippen LogP contribution in [0.2, 0.25) is 0 Å². The third-order valence-electron chi connectivity index (χ3n) is 6.74. The zero-order valence-corrected chi connectivity index (χ0v) is 19.4. The molecule has 2 saturated heterocycles. The molecule has 1 atom stereocenters. The molecule has 0 bridgehead atoms. The summed E-state index contributed by atoms with van der Waals surface area (Å²) in [7, 11) is 1.53. The number of halogens is 3. The molecule has 2 N–H and O–H groups in total. The summed E-state index contributed by atoms with van der Waals surface area (Å²) in [5, 5.41) is 14.7. The lowest BCUT2D eigenvalue weighted by atomic mass is 9.70.